The number of rotatable bonds is 11. The maximum atomic E-state index is 12.3. The first kappa shape index (κ1) is 22.5. The molecule has 0 unspecified atom stereocenters. The molecule has 0 aromatic heterocycles. The molecule has 0 saturated carbocycles. The zero-order valence-corrected chi connectivity index (χ0v) is 17.1. The summed E-state index contributed by atoms with van der Waals surface area (Å²) in [5.41, 5.74) is 1.07. The van der Waals surface area contributed by atoms with Crippen LogP contribution in [0.3, 0.4) is 0 Å². The second-order valence-electron chi connectivity index (χ2n) is 6.63. The summed E-state index contributed by atoms with van der Waals surface area (Å²) in [6.07, 6.45) is 4.00. The number of nitrogens with zero attached hydrogens (tertiary/aromatic N) is 1. The van der Waals surface area contributed by atoms with Gasteiger partial charge in [0.25, 0.3) is 5.69 Å². The molecule has 1 amide bonds. The number of hydrogen-bond acceptors (Lipinski definition) is 5. The molecule has 0 radical (unpaired) electrons. The summed E-state index contributed by atoms with van der Waals surface area (Å²) in [5, 5.41) is 13.3. The first-order chi connectivity index (χ1) is 13.8. The maximum absolute atomic E-state index is 12.3. The molecule has 0 heterocycles. The Bertz CT molecular complexity index is 926. The first-order valence-corrected chi connectivity index (χ1v) is 10.9. The Morgan fingerprint density at radius 3 is 2.24 bits per heavy atom. The van der Waals surface area contributed by atoms with E-state index in [0.29, 0.717) is 17.8 Å². The summed E-state index contributed by atoms with van der Waals surface area (Å²) in [4.78, 5) is 22.4. The van der Waals surface area contributed by atoms with Gasteiger partial charge in [-0.15, -0.1) is 0 Å². The van der Waals surface area contributed by atoms with Crippen LogP contribution in [0, 0.1) is 10.1 Å². The lowest BCUT2D eigenvalue weighted by molar-refractivity contribution is -0.384. The predicted octanol–water partition coefficient (Wildman–Crippen LogP) is 3.63. The Morgan fingerprint density at radius 1 is 1.00 bits per heavy atom. The van der Waals surface area contributed by atoms with Gasteiger partial charge in [-0.1, -0.05) is 38.3 Å². The fraction of sp³-hybridized carbons (Fsp3) is 0.350. The van der Waals surface area contributed by atoms with Crippen molar-refractivity contribution in [2.45, 2.75) is 43.9 Å². The molecule has 2 aromatic rings. The largest absolute Gasteiger partial charge is 0.326 e. The van der Waals surface area contributed by atoms with E-state index < -0.39 is 14.9 Å². The highest BCUT2D eigenvalue weighted by Gasteiger charge is 2.13. The zero-order chi connectivity index (χ0) is 21.3. The van der Waals surface area contributed by atoms with Crippen molar-refractivity contribution in [3.63, 3.8) is 0 Å². The van der Waals surface area contributed by atoms with Crippen LogP contribution in [0.25, 0.3) is 0 Å². The Kier molecular flexibility index (Phi) is 8.29. The Labute approximate surface area is 170 Å². The first-order valence-electron chi connectivity index (χ1n) is 9.44. The van der Waals surface area contributed by atoms with Crippen molar-refractivity contribution in [3.05, 3.63) is 64.2 Å². The number of amides is 1. The quantitative estimate of drug-likeness (QED) is 0.327. The van der Waals surface area contributed by atoms with Crippen LogP contribution in [0.5, 0.6) is 0 Å². The van der Waals surface area contributed by atoms with E-state index in [9.17, 15) is 23.3 Å². The van der Waals surface area contributed by atoms with Crippen LogP contribution in [0.1, 0.15) is 38.2 Å². The number of benzene rings is 2. The molecule has 0 aliphatic rings. The molecule has 0 atom stereocenters. The molecule has 2 aromatic carbocycles. The lowest BCUT2D eigenvalue weighted by atomic mass is 10.1. The smallest absolute Gasteiger partial charge is 0.269 e. The molecule has 0 fully saturated rings. The van der Waals surface area contributed by atoms with Gasteiger partial charge in [0, 0.05) is 24.4 Å². The van der Waals surface area contributed by atoms with Crippen LogP contribution in [-0.2, 0) is 21.2 Å². The van der Waals surface area contributed by atoms with Crippen LogP contribution in [0.2, 0.25) is 0 Å². The summed E-state index contributed by atoms with van der Waals surface area (Å²) in [5.74, 6) is -0.302. The lowest BCUT2D eigenvalue weighted by Crippen LogP contribution is -2.24. The number of hydrogen-bond donors (Lipinski definition) is 2. The number of non-ortho nitro benzene ring substituents is 1. The van der Waals surface area contributed by atoms with Crippen molar-refractivity contribution < 1.29 is 18.1 Å². The number of nitro groups is 1. The minimum absolute atomic E-state index is 0.0371. The van der Waals surface area contributed by atoms with Gasteiger partial charge in [-0.3, -0.25) is 14.9 Å². The third-order valence-corrected chi connectivity index (χ3v) is 5.76. The van der Waals surface area contributed by atoms with Crippen molar-refractivity contribution in [2.24, 2.45) is 0 Å². The minimum Gasteiger partial charge on any atom is -0.326 e. The summed E-state index contributed by atoms with van der Waals surface area (Å²) >= 11 is 0. The van der Waals surface area contributed by atoms with E-state index in [0.717, 1.165) is 25.7 Å². The van der Waals surface area contributed by atoms with E-state index in [-0.39, 0.29) is 22.9 Å². The molecule has 0 bridgehead atoms. The molecule has 0 aliphatic heterocycles. The van der Waals surface area contributed by atoms with Gasteiger partial charge in [-0.2, -0.15) is 0 Å². The number of sulfonamides is 1. The summed E-state index contributed by atoms with van der Waals surface area (Å²) in [6, 6.07) is 11.7. The van der Waals surface area contributed by atoms with Crippen LogP contribution in [0.15, 0.2) is 53.4 Å². The van der Waals surface area contributed by atoms with Gasteiger partial charge in [-0.25, -0.2) is 13.1 Å². The number of unbranched alkanes of at least 4 members (excludes halogenated alkanes) is 3. The molecule has 156 valence electrons. The maximum Gasteiger partial charge on any atom is 0.269 e. The van der Waals surface area contributed by atoms with Crippen molar-refractivity contribution in [3.8, 4) is 0 Å². The van der Waals surface area contributed by atoms with Crippen molar-refractivity contribution in [2.75, 3.05) is 11.9 Å². The number of anilines is 1. The van der Waals surface area contributed by atoms with Crippen LogP contribution in [0.4, 0.5) is 11.4 Å². The average molecular weight is 420 g/mol. The van der Waals surface area contributed by atoms with Gasteiger partial charge in [0.2, 0.25) is 15.9 Å². The molecule has 2 rings (SSSR count). The highest BCUT2D eigenvalue weighted by Crippen LogP contribution is 2.16. The standard InChI is InChI=1S/C20H25N3O5S/c1-2-3-4-5-14-21-29(27,28)19-12-8-17(9-13-19)22-20(24)15-16-6-10-18(11-7-16)23(25)26/h6-13,21H,2-5,14-15H2,1H3,(H,22,24). The summed E-state index contributed by atoms with van der Waals surface area (Å²) in [7, 11) is -3.57. The fourth-order valence-electron chi connectivity index (χ4n) is 2.69. The van der Waals surface area contributed by atoms with E-state index in [2.05, 4.69) is 17.0 Å². The molecule has 0 saturated heterocycles. The molecule has 2 N–H and O–H groups in total. The van der Waals surface area contributed by atoms with Crippen LogP contribution < -0.4 is 10.0 Å². The molecular formula is C20H25N3O5S. The highest BCUT2D eigenvalue weighted by atomic mass is 32.2. The summed E-state index contributed by atoms with van der Waals surface area (Å²) < 4.78 is 27.1. The molecule has 9 heteroatoms. The Morgan fingerprint density at radius 2 is 1.66 bits per heavy atom. The van der Waals surface area contributed by atoms with Gasteiger partial charge < -0.3 is 5.32 Å². The number of carbonyl (C=O) groups excluding carboxylic acids is 1. The highest BCUT2D eigenvalue weighted by molar-refractivity contribution is 7.89. The van der Waals surface area contributed by atoms with Gasteiger partial charge in [0.05, 0.1) is 16.2 Å². The van der Waals surface area contributed by atoms with E-state index >= 15 is 0 Å². The molecule has 29 heavy (non-hydrogen) atoms. The van der Waals surface area contributed by atoms with E-state index in [1.165, 1.54) is 48.5 Å². The van der Waals surface area contributed by atoms with Crippen LogP contribution >= 0.6 is 0 Å². The third-order valence-electron chi connectivity index (χ3n) is 4.28. The summed E-state index contributed by atoms with van der Waals surface area (Å²) in [6.45, 7) is 2.49. The topological polar surface area (TPSA) is 118 Å². The third kappa shape index (κ3) is 7.28. The van der Waals surface area contributed by atoms with Crippen molar-refractivity contribution >= 4 is 27.3 Å². The minimum atomic E-state index is -3.57. The normalized spacial score (nSPS) is 11.2. The number of carbonyl (C=O) groups is 1. The van der Waals surface area contributed by atoms with Crippen molar-refractivity contribution in [1.82, 2.24) is 4.72 Å². The number of nitrogens with one attached hydrogen (secondary N) is 2. The lowest BCUT2D eigenvalue weighted by Gasteiger charge is -2.09. The van der Waals surface area contributed by atoms with E-state index in [1.54, 1.807) is 0 Å². The predicted molar refractivity (Wildman–Crippen MR) is 111 cm³/mol. The van der Waals surface area contributed by atoms with Gasteiger partial charge >= 0.3 is 0 Å². The molecular weight excluding hydrogens is 394 g/mol. The molecule has 0 spiro atoms. The second-order valence-corrected chi connectivity index (χ2v) is 8.40. The van der Waals surface area contributed by atoms with Gasteiger partial charge in [0.1, 0.15) is 0 Å². The van der Waals surface area contributed by atoms with Gasteiger partial charge in [-0.05, 0) is 36.2 Å². The Hall–Kier alpha value is -2.78. The average Bonchev–Trinajstić information content (AvgIpc) is 2.68. The Balaban J connectivity index is 1.89. The van der Waals surface area contributed by atoms with E-state index in [1.807, 2.05) is 0 Å². The van der Waals surface area contributed by atoms with E-state index in [4.69, 9.17) is 0 Å². The SMILES string of the molecule is CCCCCCNS(=O)(=O)c1ccc(NC(=O)Cc2ccc([N+](=O)[O-])cc2)cc1. The molecule has 8 nitrogen and oxygen atoms in total. The fourth-order valence-corrected chi connectivity index (χ4v) is 3.76. The number of nitro benzene ring substituents is 1. The molecule has 0 aliphatic carbocycles. The second kappa shape index (κ2) is 10.7. The zero-order valence-electron chi connectivity index (χ0n) is 16.3. The van der Waals surface area contributed by atoms with Crippen molar-refractivity contribution in [1.29, 1.82) is 0 Å². The monoisotopic (exact) mass is 419 g/mol. The van der Waals surface area contributed by atoms with Crippen LogP contribution in [-0.4, -0.2) is 25.8 Å². The van der Waals surface area contributed by atoms with Gasteiger partial charge in [0.15, 0.2) is 0 Å².